The third-order valence-corrected chi connectivity index (χ3v) is 5.71. The maximum absolute atomic E-state index is 12.2. The Bertz CT molecular complexity index is 1040. The van der Waals surface area contributed by atoms with E-state index in [1.807, 2.05) is 19.1 Å². The van der Waals surface area contributed by atoms with Gasteiger partial charge in [0, 0.05) is 16.8 Å². The molecule has 0 spiro atoms. The fourth-order valence-electron chi connectivity index (χ4n) is 2.42. The highest BCUT2D eigenvalue weighted by molar-refractivity contribution is 7.91. The van der Waals surface area contributed by atoms with Crippen LogP contribution in [0.3, 0.4) is 0 Å². The summed E-state index contributed by atoms with van der Waals surface area (Å²) in [7, 11) is -3.37. The van der Waals surface area contributed by atoms with Crippen molar-refractivity contribution in [3.63, 3.8) is 0 Å². The fraction of sp³-hybridized carbons (Fsp3) is 0.150. The summed E-state index contributed by atoms with van der Waals surface area (Å²) in [6.07, 6.45) is 0. The van der Waals surface area contributed by atoms with E-state index < -0.39 is 9.84 Å². The van der Waals surface area contributed by atoms with Gasteiger partial charge in [0.2, 0.25) is 0 Å². The maximum atomic E-state index is 12.2. The smallest absolute Gasteiger partial charge is 0.255 e. The van der Waals surface area contributed by atoms with Crippen molar-refractivity contribution in [3.05, 3.63) is 71.8 Å². The number of rotatable bonds is 5. The number of carbonyl (C=O) groups is 1. The van der Waals surface area contributed by atoms with E-state index in [4.69, 9.17) is 0 Å². The zero-order chi connectivity index (χ0) is 19.4. The van der Waals surface area contributed by atoms with Crippen molar-refractivity contribution < 1.29 is 13.2 Å². The molecule has 1 N–H and O–H groups in total. The van der Waals surface area contributed by atoms with Gasteiger partial charge in [0.25, 0.3) is 5.91 Å². The van der Waals surface area contributed by atoms with E-state index >= 15 is 0 Å². The first-order chi connectivity index (χ1) is 12.9. The Kier molecular flexibility index (Phi) is 5.32. The van der Waals surface area contributed by atoms with Crippen LogP contribution < -0.4 is 5.32 Å². The Morgan fingerprint density at radius 2 is 1.59 bits per heavy atom. The molecule has 0 fully saturated rings. The van der Waals surface area contributed by atoms with Gasteiger partial charge in [-0.25, -0.2) is 8.42 Å². The van der Waals surface area contributed by atoms with Gasteiger partial charge in [-0.2, -0.15) is 0 Å². The van der Waals surface area contributed by atoms with Crippen molar-refractivity contribution in [1.82, 2.24) is 10.2 Å². The van der Waals surface area contributed by atoms with Crippen molar-refractivity contribution in [1.29, 1.82) is 0 Å². The largest absolute Gasteiger partial charge is 0.322 e. The first kappa shape index (κ1) is 18.7. The SMILES string of the molecule is CCS(=O)(=O)c1ccc(-c2ccc(NC(=O)c3ccc(C)cc3)cc2)nn1. The highest BCUT2D eigenvalue weighted by Gasteiger charge is 2.14. The summed E-state index contributed by atoms with van der Waals surface area (Å²) in [5.74, 6) is -0.201. The third-order valence-electron chi connectivity index (χ3n) is 4.09. The predicted octanol–water partition coefficient (Wildman–Crippen LogP) is 3.50. The van der Waals surface area contributed by atoms with Crippen molar-refractivity contribution in [2.75, 3.05) is 11.1 Å². The van der Waals surface area contributed by atoms with Crippen molar-refractivity contribution in [2.45, 2.75) is 18.9 Å². The standard InChI is InChI=1S/C20H19N3O3S/c1-3-27(25,26)19-13-12-18(22-23-19)15-8-10-17(11-9-15)21-20(24)16-6-4-14(2)5-7-16/h4-13H,3H2,1-2H3,(H,21,24). The zero-order valence-corrected chi connectivity index (χ0v) is 15.8. The van der Waals surface area contributed by atoms with Crippen LogP contribution in [0.4, 0.5) is 5.69 Å². The summed E-state index contributed by atoms with van der Waals surface area (Å²) in [6.45, 7) is 3.53. The third kappa shape index (κ3) is 4.38. The Morgan fingerprint density at radius 1 is 0.926 bits per heavy atom. The molecule has 0 aliphatic carbocycles. The van der Waals surface area contributed by atoms with Crippen LogP contribution >= 0.6 is 0 Å². The van der Waals surface area contributed by atoms with Crippen LogP contribution in [0, 0.1) is 6.92 Å². The van der Waals surface area contributed by atoms with Crippen LogP contribution in [-0.2, 0) is 9.84 Å². The molecular weight excluding hydrogens is 362 g/mol. The lowest BCUT2D eigenvalue weighted by Gasteiger charge is -2.07. The van der Waals surface area contributed by atoms with Gasteiger partial charge in [0.15, 0.2) is 14.9 Å². The van der Waals surface area contributed by atoms with Crippen molar-refractivity contribution >= 4 is 21.4 Å². The lowest BCUT2D eigenvalue weighted by molar-refractivity contribution is 0.102. The van der Waals surface area contributed by atoms with E-state index in [0.29, 0.717) is 16.9 Å². The number of hydrogen-bond acceptors (Lipinski definition) is 5. The van der Waals surface area contributed by atoms with Crippen molar-refractivity contribution in [2.24, 2.45) is 0 Å². The number of aromatic nitrogens is 2. The summed E-state index contributed by atoms with van der Waals surface area (Å²) in [6, 6.07) is 17.5. The molecule has 7 heteroatoms. The van der Waals surface area contributed by atoms with Crippen LogP contribution in [0.1, 0.15) is 22.8 Å². The maximum Gasteiger partial charge on any atom is 0.255 e. The minimum absolute atomic E-state index is 0.0175. The van der Waals surface area contributed by atoms with E-state index in [2.05, 4.69) is 15.5 Å². The highest BCUT2D eigenvalue weighted by atomic mass is 32.2. The Balaban J connectivity index is 1.73. The normalized spacial score (nSPS) is 11.2. The lowest BCUT2D eigenvalue weighted by atomic mass is 10.1. The molecule has 0 unspecified atom stereocenters. The average molecular weight is 381 g/mol. The molecule has 0 bridgehead atoms. The number of nitrogens with zero attached hydrogens (tertiary/aromatic N) is 2. The van der Waals surface area contributed by atoms with Crippen LogP contribution in [0.5, 0.6) is 0 Å². The monoisotopic (exact) mass is 381 g/mol. The molecule has 3 aromatic rings. The van der Waals surface area contributed by atoms with E-state index in [0.717, 1.165) is 11.1 Å². The number of aryl methyl sites for hydroxylation is 1. The second-order valence-electron chi connectivity index (χ2n) is 6.06. The molecule has 0 atom stereocenters. The minimum atomic E-state index is -3.37. The van der Waals surface area contributed by atoms with Gasteiger partial charge in [0.1, 0.15) is 0 Å². The van der Waals surface area contributed by atoms with Crippen molar-refractivity contribution in [3.8, 4) is 11.3 Å². The molecule has 0 aliphatic heterocycles. The Hall–Kier alpha value is -3.06. The molecule has 1 aromatic heterocycles. The zero-order valence-electron chi connectivity index (χ0n) is 15.0. The molecule has 1 amide bonds. The molecule has 138 valence electrons. The van der Waals surface area contributed by atoms with E-state index in [9.17, 15) is 13.2 Å². The van der Waals surface area contributed by atoms with Gasteiger partial charge in [-0.1, -0.05) is 36.8 Å². The predicted molar refractivity (Wildman–Crippen MR) is 104 cm³/mol. The van der Waals surface area contributed by atoms with Gasteiger partial charge in [0.05, 0.1) is 11.4 Å². The van der Waals surface area contributed by atoms with Gasteiger partial charge >= 0.3 is 0 Å². The number of sulfone groups is 1. The minimum Gasteiger partial charge on any atom is -0.322 e. The molecule has 3 rings (SSSR count). The Morgan fingerprint density at radius 3 is 2.15 bits per heavy atom. The van der Waals surface area contributed by atoms with Crippen LogP contribution in [-0.4, -0.2) is 30.3 Å². The number of amides is 1. The molecule has 0 aliphatic rings. The number of hydrogen-bond donors (Lipinski definition) is 1. The molecule has 6 nitrogen and oxygen atoms in total. The summed E-state index contributed by atoms with van der Waals surface area (Å²) in [5.41, 5.74) is 3.67. The van der Waals surface area contributed by atoms with E-state index in [1.54, 1.807) is 49.4 Å². The van der Waals surface area contributed by atoms with Crippen LogP contribution in [0.25, 0.3) is 11.3 Å². The van der Waals surface area contributed by atoms with Gasteiger partial charge in [-0.05, 0) is 43.3 Å². The fourth-order valence-corrected chi connectivity index (χ4v) is 3.16. The van der Waals surface area contributed by atoms with Gasteiger partial charge in [-0.3, -0.25) is 4.79 Å². The first-order valence-corrected chi connectivity index (χ1v) is 10.1. The quantitative estimate of drug-likeness (QED) is 0.731. The van der Waals surface area contributed by atoms with Gasteiger partial charge in [-0.15, -0.1) is 10.2 Å². The molecule has 0 saturated heterocycles. The lowest BCUT2D eigenvalue weighted by Crippen LogP contribution is -2.11. The Labute approximate surface area is 158 Å². The summed E-state index contributed by atoms with van der Waals surface area (Å²) in [5, 5.41) is 10.6. The number of nitrogens with one attached hydrogen (secondary N) is 1. The van der Waals surface area contributed by atoms with Gasteiger partial charge < -0.3 is 5.32 Å². The highest BCUT2D eigenvalue weighted by Crippen LogP contribution is 2.20. The van der Waals surface area contributed by atoms with Crippen LogP contribution in [0.15, 0.2) is 65.7 Å². The molecule has 1 heterocycles. The topological polar surface area (TPSA) is 89.0 Å². The average Bonchev–Trinajstić information content (AvgIpc) is 2.69. The second-order valence-corrected chi connectivity index (χ2v) is 8.28. The summed E-state index contributed by atoms with van der Waals surface area (Å²) in [4.78, 5) is 12.2. The first-order valence-electron chi connectivity index (χ1n) is 8.44. The number of anilines is 1. The number of carbonyl (C=O) groups excluding carboxylic acids is 1. The summed E-state index contributed by atoms with van der Waals surface area (Å²) < 4.78 is 23.6. The molecule has 2 aromatic carbocycles. The van der Waals surface area contributed by atoms with E-state index in [1.165, 1.54) is 6.07 Å². The number of benzene rings is 2. The van der Waals surface area contributed by atoms with Crippen LogP contribution in [0.2, 0.25) is 0 Å². The second kappa shape index (κ2) is 7.67. The van der Waals surface area contributed by atoms with E-state index in [-0.39, 0.29) is 16.7 Å². The molecular formula is C20H19N3O3S. The molecule has 27 heavy (non-hydrogen) atoms. The molecule has 0 radical (unpaired) electrons. The summed E-state index contributed by atoms with van der Waals surface area (Å²) >= 11 is 0. The molecule has 0 saturated carbocycles.